The smallest absolute Gasteiger partial charge is 0.0158 e. The molecule has 1 saturated carbocycles. The molecule has 0 bridgehead atoms. The maximum atomic E-state index is 5.99. The Hall–Kier alpha value is -0.820. The molecular weight excluding hydrogens is 146 g/mol. The molecular formula is C11H15N. The molecule has 0 atom stereocenters. The number of rotatable bonds is 3. The Morgan fingerprint density at radius 1 is 1.17 bits per heavy atom. The van der Waals surface area contributed by atoms with Gasteiger partial charge in [-0.05, 0) is 31.2 Å². The molecule has 12 heavy (non-hydrogen) atoms. The molecule has 0 saturated heterocycles. The van der Waals surface area contributed by atoms with E-state index >= 15 is 0 Å². The molecule has 0 amide bonds. The van der Waals surface area contributed by atoms with E-state index in [9.17, 15) is 0 Å². The van der Waals surface area contributed by atoms with Crippen LogP contribution in [0.2, 0.25) is 0 Å². The SMILES string of the molecule is NC1(CCc2ccccc2)CC1. The zero-order valence-electron chi connectivity index (χ0n) is 7.29. The molecule has 1 aliphatic carbocycles. The number of hydrogen-bond acceptors (Lipinski definition) is 1. The van der Waals surface area contributed by atoms with Crippen molar-refractivity contribution < 1.29 is 0 Å². The maximum Gasteiger partial charge on any atom is 0.0158 e. The van der Waals surface area contributed by atoms with Crippen LogP contribution in [0.4, 0.5) is 0 Å². The first-order chi connectivity index (χ1) is 5.79. The van der Waals surface area contributed by atoms with Gasteiger partial charge in [0.05, 0.1) is 0 Å². The Kier molecular flexibility index (Phi) is 1.89. The van der Waals surface area contributed by atoms with Gasteiger partial charge in [-0.15, -0.1) is 0 Å². The Bertz CT molecular complexity index is 249. The molecule has 1 nitrogen and oxygen atoms in total. The van der Waals surface area contributed by atoms with Crippen molar-refractivity contribution >= 4 is 0 Å². The highest BCUT2D eigenvalue weighted by Gasteiger charge is 2.37. The Morgan fingerprint density at radius 3 is 2.42 bits per heavy atom. The number of hydrogen-bond donors (Lipinski definition) is 1. The van der Waals surface area contributed by atoms with Crippen LogP contribution in [0.15, 0.2) is 30.3 Å². The summed E-state index contributed by atoms with van der Waals surface area (Å²) in [7, 11) is 0. The standard InChI is InChI=1S/C11H15N/c12-11(8-9-11)7-6-10-4-2-1-3-5-10/h1-5H,6-9,12H2. The van der Waals surface area contributed by atoms with Crippen molar-refractivity contribution in [1.29, 1.82) is 0 Å². The van der Waals surface area contributed by atoms with Crippen molar-refractivity contribution in [2.24, 2.45) is 5.73 Å². The van der Waals surface area contributed by atoms with Gasteiger partial charge in [0.25, 0.3) is 0 Å². The van der Waals surface area contributed by atoms with Crippen molar-refractivity contribution in [2.45, 2.75) is 31.2 Å². The molecule has 0 heterocycles. The van der Waals surface area contributed by atoms with E-state index in [0.29, 0.717) is 0 Å². The van der Waals surface area contributed by atoms with E-state index in [4.69, 9.17) is 5.73 Å². The minimum atomic E-state index is 0.204. The first-order valence-electron chi connectivity index (χ1n) is 4.61. The zero-order valence-corrected chi connectivity index (χ0v) is 7.29. The maximum absolute atomic E-state index is 5.99. The fourth-order valence-corrected chi connectivity index (χ4v) is 1.45. The van der Waals surface area contributed by atoms with Crippen molar-refractivity contribution in [1.82, 2.24) is 0 Å². The highest BCUT2D eigenvalue weighted by atomic mass is 14.8. The molecule has 1 aromatic carbocycles. The summed E-state index contributed by atoms with van der Waals surface area (Å²) in [5, 5.41) is 0. The zero-order chi connectivity index (χ0) is 8.44. The average Bonchev–Trinajstić information content (AvgIpc) is 2.84. The van der Waals surface area contributed by atoms with Crippen molar-refractivity contribution in [3.63, 3.8) is 0 Å². The molecule has 1 aliphatic rings. The third-order valence-electron chi connectivity index (χ3n) is 2.65. The second-order valence-corrected chi connectivity index (χ2v) is 3.85. The summed E-state index contributed by atoms with van der Waals surface area (Å²) in [5.74, 6) is 0. The van der Waals surface area contributed by atoms with Crippen LogP contribution in [0.5, 0.6) is 0 Å². The van der Waals surface area contributed by atoms with Crippen LogP contribution >= 0.6 is 0 Å². The minimum absolute atomic E-state index is 0.204. The average molecular weight is 161 g/mol. The topological polar surface area (TPSA) is 26.0 Å². The van der Waals surface area contributed by atoms with Gasteiger partial charge < -0.3 is 5.73 Å². The van der Waals surface area contributed by atoms with Gasteiger partial charge in [-0.1, -0.05) is 30.3 Å². The first-order valence-corrected chi connectivity index (χ1v) is 4.61. The Morgan fingerprint density at radius 2 is 1.83 bits per heavy atom. The highest BCUT2D eigenvalue weighted by Crippen LogP contribution is 2.36. The summed E-state index contributed by atoms with van der Waals surface area (Å²) < 4.78 is 0. The lowest BCUT2D eigenvalue weighted by Gasteiger charge is -2.07. The third-order valence-corrected chi connectivity index (χ3v) is 2.65. The molecule has 0 aliphatic heterocycles. The summed E-state index contributed by atoms with van der Waals surface area (Å²) >= 11 is 0. The van der Waals surface area contributed by atoms with Crippen LogP contribution in [0, 0.1) is 0 Å². The quantitative estimate of drug-likeness (QED) is 0.722. The second kappa shape index (κ2) is 2.91. The van der Waals surface area contributed by atoms with Gasteiger partial charge in [-0.25, -0.2) is 0 Å². The van der Waals surface area contributed by atoms with Gasteiger partial charge in [-0.2, -0.15) is 0 Å². The molecule has 0 aromatic heterocycles. The molecule has 0 radical (unpaired) electrons. The van der Waals surface area contributed by atoms with Gasteiger partial charge >= 0.3 is 0 Å². The largest absolute Gasteiger partial charge is 0.325 e. The predicted molar refractivity (Wildman–Crippen MR) is 50.9 cm³/mol. The van der Waals surface area contributed by atoms with Gasteiger partial charge in [0.1, 0.15) is 0 Å². The van der Waals surface area contributed by atoms with Crippen molar-refractivity contribution in [3.8, 4) is 0 Å². The van der Waals surface area contributed by atoms with E-state index in [1.165, 1.54) is 18.4 Å². The highest BCUT2D eigenvalue weighted by molar-refractivity contribution is 5.16. The van der Waals surface area contributed by atoms with Crippen molar-refractivity contribution in [3.05, 3.63) is 35.9 Å². The predicted octanol–water partition coefficient (Wildman–Crippen LogP) is 2.11. The van der Waals surface area contributed by atoms with Gasteiger partial charge in [0.2, 0.25) is 0 Å². The van der Waals surface area contributed by atoms with E-state index < -0.39 is 0 Å². The molecule has 2 N–H and O–H groups in total. The third kappa shape index (κ3) is 1.86. The minimum Gasteiger partial charge on any atom is -0.325 e. The summed E-state index contributed by atoms with van der Waals surface area (Å²) in [4.78, 5) is 0. The van der Waals surface area contributed by atoms with Crippen LogP contribution in [-0.2, 0) is 6.42 Å². The second-order valence-electron chi connectivity index (χ2n) is 3.85. The lowest BCUT2D eigenvalue weighted by atomic mass is 10.0. The summed E-state index contributed by atoms with van der Waals surface area (Å²) in [6.45, 7) is 0. The van der Waals surface area contributed by atoms with E-state index in [0.717, 1.165) is 12.8 Å². The lowest BCUT2D eigenvalue weighted by molar-refractivity contribution is 0.609. The Balaban J connectivity index is 1.88. The van der Waals surface area contributed by atoms with Crippen LogP contribution in [0.3, 0.4) is 0 Å². The number of benzene rings is 1. The van der Waals surface area contributed by atoms with Gasteiger partial charge in [0.15, 0.2) is 0 Å². The fourth-order valence-electron chi connectivity index (χ4n) is 1.45. The lowest BCUT2D eigenvalue weighted by Crippen LogP contribution is -2.21. The van der Waals surface area contributed by atoms with Crippen LogP contribution < -0.4 is 5.73 Å². The Labute approximate surface area is 73.6 Å². The molecule has 1 aromatic rings. The monoisotopic (exact) mass is 161 g/mol. The molecule has 1 fully saturated rings. The van der Waals surface area contributed by atoms with Crippen LogP contribution in [-0.4, -0.2) is 5.54 Å². The van der Waals surface area contributed by atoms with Crippen LogP contribution in [0.25, 0.3) is 0 Å². The van der Waals surface area contributed by atoms with Crippen LogP contribution in [0.1, 0.15) is 24.8 Å². The van der Waals surface area contributed by atoms with Gasteiger partial charge in [-0.3, -0.25) is 0 Å². The molecule has 0 spiro atoms. The summed E-state index contributed by atoms with van der Waals surface area (Å²) in [5.41, 5.74) is 7.61. The summed E-state index contributed by atoms with van der Waals surface area (Å²) in [6, 6.07) is 10.6. The van der Waals surface area contributed by atoms with E-state index in [-0.39, 0.29) is 5.54 Å². The van der Waals surface area contributed by atoms with Gasteiger partial charge in [0, 0.05) is 5.54 Å². The summed E-state index contributed by atoms with van der Waals surface area (Å²) in [6.07, 6.45) is 4.73. The molecule has 2 rings (SSSR count). The van der Waals surface area contributed by atoms with E-state index in [1.807, 2.05) is 0 Å². The fraction of sp³-hybridized carbons (Fsp3) is 0.455. The first kappa shape index (κ1) is 7.81. The number of nitrogens with two attached hydrogens (primary N) is 1. The molecule has 0 unspecified atom stereocenters. The molecule has 1 heteroatoms. The van der Waals surface area contributed by atoms with E-state index in [1.54, 1.807) is 0 Å². The van der Waals surface area contributed by atoms with E-state index in [2.05, 4.69) is 30.3 Å². The van der Waals surface area contributed by atoms with Crippen molar-refractivity contribution in [2.75, 3.05) is 0 Å². The molecule has 64 valence electrons. The number of aryl methyl sites for hydroxylation is 1. The normalized spacial score (nSPS) is 19.1.